The number of benzene rings is 1. The fraction of sp³-hybridized carbons (Fsp3) is 0.625. The van der Waals surface area contributed by atoms with Crippen LogP contribution in [0.25, 0.3) is 5.76 Å². The van der Waals surface area contributed by atoms with E-state index in [0.29, 0.717) is 17.2 Å². The highest BCUT2D eigenvalue weighted by Gasteiger charge is 2.35. The molecule has 1 aromatic rings. The van der Waals surface area contributed by atoms with Gasteiger partial charge in [0.25, 0.3) is 0 Å². The van der Waals surface area contributed by atoms with Crippen molar-refractivity contribution >= 4 is 37.9 Å². The molecule has 0 aliphatic rings. The highest BCUT2D eigenvalue weighted by molar-refractivity contribution is 6.79. The van der Waals surface area contributed by atoms with Crippen molar-refractivity contribution in [2.75, 3.05) is 21.3 Å². The molecule has 0 radical (unpaired) electrons. The third kappa shape index (κ3) is 9.57. The van der Waals surface area contributed by atoms with E-state index in [1.165, 1.54) is 14.2 Å². The van der Waals surface area contributed by atoms with E-state index in [0.717, 1.165) is 24.0 Å². The SMILES string of the molecule is COC(C(=O)O[SiH](O[Si](C)(C)C)O[Si](C)(C)C)=C(OC)c1ccc(C)c(CCC(C)C)c1OC. The van der Waals surface area contributed by atoms with E-state index in [1.54, 1.807) is 7.11 Å². The highest BCUT2D eigenvalue weighted by atomic mass is 28.5. The van der Waals surface area contributed by atoms with Crippen molar-refractivity contribution in [3.05, 3.63) is 34.6 Å². The summed E-state index contributed by atoms with van der Waals surface area (Å²) in [6.45, 7) is 18.7. The molecule has 10 heteroatoms. The van der Waals surface area contributed by atoms with Gasteiger partial charge in [-0.2, -0.15) is 0 Å². The highest BCUT2D eigenvalue weighted by Crippen LogP contribution is 2.35. The van der Waals surface area contributed by atoms with Crippen molar-refractivity contribution in [3.8, 4) is 5.75 Å². The summed E-state index contributed by atoms with van der Waals surface area (Å²) in [5.74, 6) is 0.762. The first-order valence-electron chi connectivity index (χ1n) is 11.7. The van der Waals surface area contributed by atoms with Gasteiger partial charge < -0.3 is 26.9 Å². The Morgan fingerprint density at radius 1 is 0.941 bits per heavy atom. The normalized spacial score (nSPS) is 13.1. The van der Waals surface area contributed by atoms with Crippen LogP contribution in [0.3, 0.4) is 0 Å². The number of rotatable bonds is 13. The van der Waals surface area contributed by atoms with Crippen LogP contribution < -0.4 is 4.74 Å². The monoisotopic (exact) mass is 528 g/mol. The van der Waals surface area contributed by atoms with Crippen molar-refractivity contribution in [2.24, 2.45) is 5.92 Å². The summed E-state index contributed by atoms with van der Waals surface area (Å²) in [5.41, 5.74) is 2.85. The molecule has 0 aliphatic carbocycles. The van der Waals surface area contributed by atoms with Crippen LogP contribution in [0.5, 0.6) is 5.75 Å². The predicted octanol–water partition coefficient (Wildman–Crippen LogP) is 5.52. The molecule has 34 heavy (non-hydrogen) atoms. The van der Waals surface area contributed by atoms with Crippen molar-refractivity contribution < 1.29 is 31.7 Å². The van der Waals surface area contributed by atoms with E-state index in [1.807, 2.05) is 51.4 Å². The summed E-state index contributed by atoms with van der Waals surface area (Å²) in [7, 11) is -2.21. The molecule has 0 saturated carbocycles. The van der Waals surface area contributed by atoms with Gasteiger partial charge in [0.05, 0.1) is 26.9 Å². The van der Waals surface area contributed by atoms with Crippen LogP contribution in [-0.4, -0.2) is 53.5 Å². The maximum atomic E-state index is 13.3. The summed E-state index contributed by atoms with van der Waals surface area (Å²) in [6, 6.07) is 3.88. The minimum absolute atomic E-state index is 0.0460. The molecule has 0 spiro atoms. The number of aryl methyl sites for hydroxylation is 1. The van der Waals surface area contributed by atoms with Crippen LogP contribution in [0.4, 0.5) is 0 Å². The molecule has 1 aromatic carbocycles. The lowest BCUT2D eigenvalue weighted by atomic mass is 9.95. The van der Waals surface area contributed by atoms with Gasteiger partial charge in [-0.1, -0.05) is 19.9 Å². The van der Waals surface area contributed by atoms with Gasteiger partial charge in [0.2, 0.25) is 5.76 Å². The third-order valence-electron chi connectivity index (χ3n) is 4.82. The molecular weight excluding hydrogens is 485 g/mol. The second-order valence-electron chi connectivity index (χ2n) is 10.6. The Morgan fingerprint density at radius 3 is 1.91 bits per heavy atom. The summed E-state index contributed by atoms with van der Waals surface area (Å²) in [6.07, 6.45) is 1.87. The number of hydrogen-bond acceptors (Lipinski definition) is 7. The molecule has 0 fully saturated rings. The molecule has 0 N–H and O–H groups in total. The van der Waals surface area contributed by atoms with Gasteiger partial charge >= 0.3 is 15.5 Å². The average Bonchev–Trinajstić information content (AvgIpc) is 2.68. The largest absolute Gasteiger partial charge is 0.530 e. The molecule has 0 aliphatic heterocycles. The molecule has 0 bridgehead atoms. The fourth-order valence-electron chi connectivity index (χ4n) is 3.27. The van der Waals surface area contributed by atoms with Crippen molar-refractivity contribution in [1.82, 2.24) is 0 Å². The van der Waals surface area contributed by atoms with E-state index in [2.05, 4.69) is 20.8 Å². The average molecular weight is 529 g/mol. The van der Waals surface area contributed by atoms with Crippen LogP contribution in [0.15, 0.2) is 17.9 Å². The zero-order chi connectivity index (χ0) is 26.3. The van der Waals surface area contributed by atoms with Gasteiger partial charge in [0, 0.05) is 0 Å². The lowest BCUT2D eigenvalue weighted by molar-refractivity contribution is -0.135. The summed E-state index contributed by atoms with van der Waals surface area (Å²) >= 11 is 0. The van der Waals surface area contributed by atoms with E-state index in [-0.39, 0.29) is 11.5 Å². The van der Waals surface area contributed by atoms with Crippen LogP contribution in [-0.2, 0) is 33.3 Å². The molecule has 0 atom stereocenters. The number of carbonyl (C=O) groups excluding carboxylic acids is 1. The Balaban J connectivity index is 3.48. The number of hydrogen-bond donors (Lipinski definition) is 0. The number of carbonyl (C=O) groups is 1. The Hall–Kier alpha value is -1.60. The Morgan fingerprint density at radius 2 is 1.50 bits per heavy atom. The smallest absolute Gasteiger partial charge is 0.496 e. The summed E-state index contributed by atoms with van der Waals surface area (Å²) < 4.78 is 35.1. The van der Waals surface area contributed by atoms with E-state index >= 15 is 0 Å². The van der Waals surface area contributed by atoms with Crippen LogP contribution in [0.2, 0.25) is 39.3 Å². The molecule has 0 saturated heterocycles. The van der Waals surface area contributed by atoms with Crippen LogP contribution in [0, 0.1) is 12.8 Å². The molecular formula is C24H44O7Si3. The molecule has 0 unspecified atom stereocenters. The first-order chi connectivity index (χ1) is 15.6. The Labute approximate surface area is 210 Å². The standard InChI is InChI=1S/C24H44O7Si3/c1-17(2)13-15-19-18(3)14-16-20(21(19)26-4)22(27-5)23(28-6)24(25)29-32(30-33(7,8)9)31-34(10,11)12/h14,16-17,32H,13,15H2,1-12H3. The van der Waals surface area contributed by atoms with Gasteiger partial charge in [-0.3, -0.25) is 0 Å². The lowest BCUT2D eigenvalue weighted by Gasteiger charge is -2.29. The first-order valence-corrected chi connectivity index (χ1v) is 19.9. The second-order valence-corrected chi connectivity index (χ2v) is 21.7. The van der Waals surface area contributed by atoms with E-state index in [9.17, 15) is 4.79 Å². The quantitative estimate of drug-likeness (QED) is 0.190. The molecule has 7 nitrogen and oxygen atoms in total. The van der Waals surface area contributed by atoms with Crippen molar-refractivity contribution in [2.45, 2.75) is 72.9 Å². The topological polar surface area (TPSA) is 72.5 Å². The van der Waals surface area contributed by atoms with Gasteiger partial charge in [0.1, 0.15) is 5.75 Å². The fourth-order valence-corrected chi connectivity index (χ4v) is 9.18. The molecule has 194 valence electrons. The maximum Gasteiger partial charge on any atom is 0.530 e. The zero-order valence-electron chi connectivity index (χ0n) is 23.1. The summed E-state index contributed by atoms with van der Waals surface area (Å²) in [5, 5.41) is 0. The molecule has 0 aromatic heterocycles. The summed E-state index contributed by atoms with van der Waals surface area (Å²) in [4.78, 5) is 13.3. The molecule has 0 amide bonds. The van der Waals surface area contributed by atoms with Crippen LogP contribution >= 0.6 is 0 Å². The number of ether oxygens (including phenoxy) is 3. The van der Waals surface area contributed by atoms with Gasteiger partial charge in [-0.25, -0.2) is 4.79 Å². The molecule has 1 rings (SSSR count). The van der Waals surface area contributed by atoms with Gasteiger partial charge in [-0.15, -0.1) is 0 Å². The van der Waals surface area contributed by atoms with Crippen molar-refractivity contribution in [1.29, 1.82) is 0 Å². The van der Waals surface area contributed by atoms with E-state index in [4.69, 9.17) is 26.9 Å². The van der Waals surface area contributed by atoms with Crippen molar-refractivity contribution in [3.63, 3.8) is 0 Å². The predicted molar refractivity (Wildman–Crippen MR) is 144 cm³/mol. The van der Waals surface area contributed by atoms with Gasteiger partial charge in [0.15, 0.2) is 22.4 Å². The van der Waals surface area contributed by atoms with Crippen LogP contribution in [0.1, 0.15) is 37.0 Å². The number of methoxy groups -OCH3 is 3. The van der Waals surface area contributed by atoms with Gasteiger partial charge in [-0.05, 0) is 82.2 Å². The zero-order valence-corrected chi connectivity index (χ0v) is 26.2. The Kier molecular flexibility index (Phi) is 11.6. The minimum Gasteiger partial charge on any atom is -0.496 e. The first kappa shape index (κ1) is 30.4. The minimum atomic E-state index is -2.75. The Bertz CT molecular complexity index is 839. The maximum absolute atomic E-state index is 13.3. The second kappa shape index (κ2) is 12.9. The molecule has 0 heterocycles. The van der Waals surface area contributed by atoms with E-state index < -0.39 is 32.1 Å². The lowest BCUT2D eigenvalue weighted by Crippen LogP contribution is -2.46. The third-order valence-corrected chi connectivity index (χ3v) is 12.4.